The second kappa shape index (κ2) is 8.02. The molecule has 1 heterocycles. The fraction of sp³-hybridized carbons (Fsp3) is 0.400. The largest absolute Gasteiger partial charge is 0.491 e. The Morgan fingerprint density at radius 3 is 2.57 bits per heavy atom. The SMILES string of the molecule is COCCOc1cc(-c2cnn(C)c2)cc([C@@H](C)N)c1.Cl. The topological polar surface area (TPSA) is 62.3 Å². The van der Waals surface area contributed by atoms with Gasteiger partial charge in [-0.3, -0.25) is 4.68 Å². The molecule has 0 bridgehead atoms. The van der Waals surface area contributed by atoms with Gasteiger partial charge in [0.1, 0.15) is 12.4 Å². The van der Waals surface area contributed by atoms with Crippen molar-refractivity contribution in [2.45, 2.75) is 13.0 Å². The molecule has 21 heavy (non-hydrogen) atoms. The predicted octanol–water partition coefficient (Wildman–Crippen LogP) is 2.55. The molecule has 2 N–H and O–H groups in total. The van der Waals surface area contributed by atoms with Crippen molar-refractivity contribution in [1.29, 1.82) is 0 Å². The second-order valence-electron chi connectivity index (χ2n) is 4.82. The molecule has 0 radical (unpaired) electrons. The van der Waals surface area contributed by atoms with Gasteiger partial charge in [-0.2, -0.15) is 5.10 Å². The van der Waals surface area contributed by atoms with Crippen molar-refractivity contribution < 1.29 is 9.47 Å². The van der Waals surface area contributed by atoms with Gasteiger partial charge < -0.3 is 15.2 Å². The van der Waals surface area contributed by atoms with Crippen LogP contribution in [-0.4, -0.2) is 30.1 Å². The fourth-order valence-electron chi connectivity index (χ4n) is 1.95. The van der Waals surface area contributed by atoms with Crippen LogP contribution in [0.3, 0.4) is 0 Å². The van der Waals surface area contributed by atoms with Crippen molar-refractivity contribution in [3.63, 3.8) is 0 Å². The van der Waals surface area contributed by atoms with Gasteiger partial charge in [0.25, 0.3) is 0 Å². The van der Waals surface area contributed by atoms with Crippen LogP contribution in [0.1, 0.15) is 18.5 Å². The van der Waals surface area contributed by atoms with E-state index in [0.717, 1.165) is 22.4 Å². The molecule has 0 aliphatic rings. The molecule has 0 saturated heterocycles. The molecule has 6 heteroatoms. The smallest absolute Gasteiger partial charge is 0.120 e. The van der Waals surface area contributed by atoms with Crippen LogP contribution in [0.4, 0.5) is 0 Å². The first-order valence-electron chi connectivity index (χ1n) is 6.61. The van der Waals surface area contributed by atoms with E-state index in [-0.39, 0.29) is 18.4 Å². The number of rotatable bonds is 6. The minimum atomic E-state index is -0.0450. The van der Waals surface area contributed by atoms with Gasteiger partial charge >= 0.3 is 0 Å². The zero-order valence-corrected chi connectivity index (χ0v) is 13.4. The average molecular weight is 312 g/mol. The Labute approximate surface area is 131 Å². The highest BCUT2D eigenvalue weighted by Crippen LogP contribution is 2.28. The van der Waals surface area contributed by atoms with Crippen LogP contribution >= 0.6 is 12.4 Å². The first-order chi connectivity index (χ1) is 9.60. The third kappa shape index (κ3) is 4.74. The predicted molar refractivity (Wildman–Crippen MR) is 85.9 cm³/mol. The van der Waals surface area contributed by atoms with E-state index in [2.05, 4.69) is 11.2 Å². The summed E-state index contributed by atoms with van der Waals surface area (Å²) in [6.07, 6.45) is 3.80. The van der Waals surface area contributed by atoms with Crippen LogP contribution in [0.2, 0.25) is 0 Å². The highest BCUT2D eigenvalue weighted by Gasteiger charge is 2.08. The average Bonchev–Trinajstić information content (AvgIpc) is 2.85. The molecule has 5 nitrogen and oxygen atoms in total. The Hall–Kier alpha value is -1.56. The minimum Gasteiger partial charge on any atom is -0.491 e. The maximum absolute atomic E-state index is 5.99. The van der Waals surface area contributed by atoms with E-state index in [1.807, 2.05) is 38.5 Å². The van der Waals surface area contributed by atoms with Gasteiger partial charge in [-0.15, -0.1) is 12.4 Å². The summed E-state index contributed by atoms with van der Waals surface area (Å²) in [6, 6.07) is 6.00. The minimum absolute atomic E-state index is 0. The Bertz CT molecular complexity index is 570. The van der Waals surface area contributed by atoms with E-state index in [9.17, 15) is 0 Å². The van der Waals surface area contributed by atoms with Gasteiger partial charge in [0.05, 0.1) is 12.8 Å². The molecule has 116 valence electrons. The van der Waals surface area contributed by atoms with Crippen LogP contribution in [-0.2, 0) is 11.8 Å². The lowest BCUT2D eigenvalue weighted by atomic mass is 10.0. The summed E-state index contributed by atoms with van der Waals surface area (Å²) in [7, 11) is 3.55. The van der Waals surface area contributed by atoms with E-state index in [0.29, 0.717) is 13.2 Å². The number of benzene rings is 1. The zero-order valence-electron chi connectivity index (χ0n) is 12.6. The van der Waals surface area contributed by atoms with Gasteiger partial charge in [0, 0.05) is 32.0 Å². The van der Waals surface area contributed by atoms with E-state index in [1.165, 1.54) is 0 Å². The molecular formula is C15H22ClN3O2. The quantitative estimate of drug-likeness (QED) is 0.833. The number of nitrogens with zero attached hydrogens (tertiary/aromatic N) is 2. The summed E-state index contributed by atoms with van der Waals surface area (Å²) >= 11 is 0. The number of aromatic nitrogens is 2. The highest BCUT2D eigenvalue weighted by molar-refractivity contribution is 5.85. The van der Waals surface area contributed by atoms with Crippen molar-refractivity contribution in [3.05, 3.63) is 36.2 Å². The summed E-state index contributed by atoms with van der Waals surface area (Å²) in [6.45, 7) is 3.04. The third-order valence-electron chi connectivity index (χ3n) is 3.05. The summed E-state index contributed by atoms with van der Waals surface area (Å²) < 4.78 is 12.5. The lowest BCUT2D eigenvalue weighted by Gasteiger charge is -2.12. The molecular weight excluding hydrogens is 290 g/mol. The van der Waals surface area contributed by atoms with Crippen LogP contribution in [0, 0.1) is 0 Å². The molecule has 2 aromatic rings. The molecule has 0 aliphatic heterocycles. The summed E-state index contributed by atoms with van der Waals surface area (Å²) in [5.41, 5.74) is 9.13. The standard InChI is InChI=1S/C15H21N3O2.ClH/c1-11(16)12-6-13(14-9-17-18(2)10-14)8-15(7-12)20-5-4-19-3;/h6-11H,4-5,16H2,1-3H3;1H/t11-;/m1./s1. The highest BCUT2D eigenvalue weighted by atomic mass is 35.5. The van der Waals surface area contributed by atoms with Crippen LogP contribution in [0.15, 0.2) is 30.6 Å². The van der Waals surface area contributed by atoms with Crippen molar-refractivity contribution in [2.75, 3.05) is 20.3 Å². The summed E-state index contributed by atoms with van der Waals surface area (Å²) in [4.78, 5) is 0. The van der Waals surface area contributed by atoms with Gasteiger partial charge in [0.15, 0.2) is 0 Å². The van der Waals surface area contributed by atoms with Crippen molar-refractivity contribution >= 4 is 12.4 Å². The van der Waals surface area contributed by atoms with Crippen LogP contribution in [0.5, 0.6) is 5.75 Å². The number of hydrogen-bond donors (Lipinski definition) is 1. The molecule has 0 unspecified atom stereocenters. The van der Waals surface area contributed by atoms with E-state index in [4.69, 9.17) is 15.2 Å². The molecule has 1 aromatic carbocycles. The number of halogens is 1. The Morgan fingerprint density at radius 2 is 2.00 bits per heavy atom. The molecule has 1 atom stereocenters. The van der Waals surface area contributed by atoms with Crippen molar-refractivity contribution in [1.82, 2.24) is 9.78 Å². The van der Waals surface area contributed by atoms with E-state index >= 15 is 0 Å². The number of nitrogens with two attached hydrogens (primary N) is 1. The fourth-order valence-corrected chi connectivity index (χ4v) is 1.95. The molecule has 0 amide bonds. The molecule has 0 spiro atoms. The van der Waals surface area contributed by atoms with Gasteiger partial charge in [-0.1, -0.05) is 0 Å². The van der Waals surface area contributed by atoms with E-state index < -0.39 is 0 Å². The number of aryl methyl sites for hydroxylation is 1. The third-order valence-corrected chi connectivity index (χ3v) is 3.05. The van der Waals surface area contributed by atoms with E-state index in [1.54, 1.807) is 11.8 Å². The molecule has 0 fully saturated rings. The monoisotopic (exact) mass is 311 g/mol. The Morgan fingerprint density at radius 1 is 1.24 bits per heavy atom. The normalized spacial score (nSPS) is 11.8. The summed E-state index contributed by atoms with van der Waals surface area (Å²) in [5.74, 6) is 0.802. The van der Waals surface area contributed by atoms with Crippen molar-refractivity contribution in [2.24, 2.45) is 12.8 Å². The number of hydrogen-bond acceptors (Lipinski definition) is 4. The first kappa shape index (κ1) is 17.5. The Kier molecular flexibility index (Phi) is 6.68. The lowest BCUT2D eigenvalue weighted by molar-refractivity contribution is 0.146. The summed E-state index contributed by atoms with van der Waals surface area (Å²) in [5, 5.41) is 4.20. The second-order valence-corrected chi connectivity index (χ2v) is 4.82. The van der Waals surface area contributed by atoms with Gasteiger partial charge in [-0.25, -0.2) is 0 Å². The number of ether oxygens (including phenoxy) is 2. The van der Waals surface area contributed by atoms with Gasteiger partial charge in [0.2, 0.25) is 0 Å². The van der Waals surface area contributed by atoms with Crippen molar-refractivity contribution in [3.8, 4) is 16.9 Å². The molecule has 0 aliphatic carbocycles. The molecule has 0 saturated carbocycles. The lowest BCUT2D eigenvalue weighted by Crippen LogP contribution is -2.07. The van der Waals surface area contributed by atoms with Crippen LogP contribution < -0.4 is 10.5 Å². The molecule has 1 aromatic heterocycles. The van der Waals surface area contributed by atoms with Gasteiger partial charge in [-0.05, 0) is 36.2 Å². The number of methoxy groups -OCH3 is 1. The maximum Gasteiger partial charge on any atom is 0.120 e. The zero-order chi connectivity index (χ0) is 14.5. The Balaban J connectivity index is 0.00000220. The molecule has 2 rings (SSSR count). The van der Waals surface area contributed by atoms with Crippen LogP contribution in [0.25, 0.3) is 11.1 Å². The maximum atomic E-state index is 5.99. The first-order valence-corrected chi connectivity index (χ1v) is 6.61.